The lowest BCUT2D eigenvalue weighted by molar-refractivity contribution is 0.0902. The third-order valence-corrected chi connectivity index (χ3v) is 18.4. The van der Waals surface area contributed by atoms with Crippen LogP contribution in [0.25, 0.3) is 54.4 Å². The average Bonchev–Trinajstić information content (AvgIpc) is 1.80. The van der Waals surface area contributed by atoms with Crippen LogP contribution >= 0.6 is 0 Å². The predicted octanol–water partition coefficient (Wildman–Crippen LogP) is 14.4. The molecule has 3 atom stereocenters. The van der Waals surface area contributed by atoms with Gasteiger partial charge in [-0.05, 0) is 222 Å². The third kappa shape index (κ3) is 20.4. The van der Waals surface area contributed by atoms with Crippen LogP contribution in [-0.4, -0.2) is 127 Å². The van der Waals surface area contributed by atoms with Gasteiger partial charge in [-0.2, -0.15) is 5.10 Å². The number of aromatic amines is 4. The summed E-state index contributed by atoms with van der Waals surface area (Å²) in [6.45, 7) is 10.8. The number of phenols is 1. The number of para-hydroxylation sites is 3. The molecule has 10 aromatic carbocycles. The fourth-order valence-electron chi connectivity index (χ4n) is 13.0. The van der Waals surface area contributed by atoms with E-state index in [0.29, 0.717) is 75.7 Å². The van der Waals surface area contributed by atoms with Crippen molar-refractivity contribution >= 4 is 77.9 Å². The summed E-state index contributed by atoms with van der Waals surface area (Å²) < 4.78 is 23.0. The molecule has 0 aliphatic rings. The molecule has 4 heterocycles. The molecule has 572 valence electrons. The molecule has 20 nitrogen and oxygen atoms in total. The maximum atomic E-state index is 13.5. The molecule has 3 amide bonds. The number of rotatable bonds is 22. The Kier molecular flexibility index (Phi) is 25.9. The molecule has 0 fully saturated rings. The van der Waals surface area contributed by atoms with Crippen molar-refractivity contribution in [3.63, 3.8) is 0 Å². The topological polar surface area (TPSA) is 307 Å². The largest absolute Gasteiger partial charge is 0.508 e. The highest BCUT2D eigenvalue weighted by Gasteiger charge is 2.24. The summed E-state index contributed by atoms with van der Waals surface area (Å²) in [7, 11) is 1.65. The van der Waals surface area contributed by atoms with Crippen molar-refractivity contribution < 1.29 is 53.8 Å². The minimum atomic E-state index is -0.481. The average molecular weight is 1510 g/mol. The van der Waals surface area contributed by atoms with Gasteiger partial charge < -0.3 is 76.0 Å². The highest BCUT2D eigenvalue weighted by atomic mass is 16.5. The van der Waals surface area contributed by atoms with Gasteiger partial charge in [0.05, 0.1) is 91.0 Å². The highest BCUT2D eigenvalue weighted by molar-refractivity contribution is 6.00. The maximum absolute atomic E-state index is 13.5. The van der Waals surface area contributed by atoms with E-state index in [1.165, 1.54) is 0 Å². The smallest absolute Gasteiger partial charge is 0.255 e. The second-order valence-corrected chi connectivity index (χ2v) is 27.9. The third-order valence-electron chi connectivity index (χ3n) is 18.4. The van der Waals surface area contributed by atoms with Crippen molar-refractivity contribution in [1.29, 1.82) is 0 Å². The second kappa shape index (κ2) is 37.2. The summed E-state index contributed by atoms with van der Waals surface area (Å²) in [5.41, 5.74) is 18.3. The van der Waals surface area contributed by atoms with Crippen LogP contribution in [0.5, 0.6) is 28.7 Å². The number of aromatic nitrogens is 5. The first-order valence-electron chi connectivity index (χ1n) is 37.3. The van der Waals surface area contributed by atoms with Gasteiger partial charge in [-0.3, -0.25) is 19.5 Å². The van der Waals surface area contributed by atoms with Crippen LogP contribution in [0.2, 0.25) is 0 Å². The van der Waals surface area contributed by atoms with Gasteiger partial charge in [-0.1, -0.05) is 108 Å². The number of benzene rings is 10. The Hall–Kier alpha value is -13.7. The zero-order chi connectivity index (χ0) is 79.5. The zero-order valence-electron chi connectivity index (χ0n) is 63.7. The first kappa shape index (κ1) is 78.9. The number of amides is 3. The number of nitrogens with zero attached hydrogens (tertiary/aromatic N) is 1. The molecule has 0 unspecified atom stereocenters. The number of aromatic hydroxyl groups is 1. The molecule has 0 saturated heterocycles. The number of ether oxygens (including phenoxy) is 4. The van der Waals surface area contributed by atoms with Gasteiger partial charge in [-0.25, -0.2) is 0 Å². The number of aliphatic hydroxyl groups is 3. The molecule has 14 aromatic rings. The fraction of sp³-hybridized carbons (Fsp3) is 0.204. The number of hydrogen-bond acceptors (Lipinski definition) is 13. The summed E-state index contributed by atoms with van der Waals surface area (Å²) in [5, 5.41) is 61.6. The Labute approximate surface area is 655 Å². The normalized spacial score (nSPS) is 11.8. The second-order valence-electron chi connectivity index (χ2n) is 27.9. The first-order valence-corrected chi connectivity index (χ1v) is 37.3. The van der Waals surface area contributed by atoms with Gasteiger partial charge in [-0.15, -0.1) is 0 Å². The van der Waals surface area contributed by atoms with Gasteiger partial charge in [0.1, 0.15) is 28.7 Å². The van der Waals surface area contributed by atoms with Crippen LogP contribution in [0.4, 0.5) is 5.82 Å². The molecule has 13 N–H and O–H groups in total. The fourth-order valence-corrected chi connectivity index (χ4v) is 13.0. The summed E-state index contributed by atoms with van der Waals surface area (Å²) in [5.74, 6) is 20.5. The number of nitrogens with one attached hydrogen (secondary N) is 7. The van der Waals surface area contributed by atoms with E-state index in [2.05, 4.69) is 76.6 Å². The van der Waals surface area contributed by atoms with E-state index in [0.717, 1.165) is 93.5 Å². The van der Waals surface area contributed by atoms with E-state index < -0.39 is 18.1 Å². The number of nitrogens with two attached hydrogens (primary N) is 1. The molecule has 14 rings (SSSR count). The van der Waals surface area contributed by atoms with E-state index in [-0.39, 0.29) is 61.6 Å². The summed E-state index contributed by atoms with van der Waals surface area (Å²) in [4.78, 5) is 49.9. The number of hydrogen-bond donors (Lipinski definition) is 12. The van der Waals surface area contributed by atoms with Crippen LogP contribution in [-0.2, 0) is 19.3 Å². The molecule has 20 heteroatoms. The number of methoxy groups -OCH3 is 1. The summed E-state index contributed by atoms with van der Waals surface area (Å²) in [6, 6.07) is 62.5. The van der Waals surface area contributed by atoms with Crippen molar-refractivity contribution in [2.24, 2.45) is 0 Å². The first-order chi connectivity index (χ1) is 54.8. The van der Waals surface area contributed by atoms with Gasteiger partial charge in [0, 0.05) is 84.7 Å². The van der Waals surface area contributed by atoms with Crippen molar-refractivity contribution in [2.45, 2.75) is 97.2 Å². The number of H-pyrrole nitrogens is 4. The number of carbonyl (C=O) groups excluding carboxylic acids is 3. The summed E-state index contributed by atoms with van der Waals surface area (Å²) in [6.07, 6.45) is 6.83. The molecule has 0 radical (unpaired) electrons. The number of carbonyl (C=O) groups is 3. The number of aliphatic hydroxyl groups excluding tert-OH is 3. The maximum Gasteiger partial charge on any atom is 0.255 e. The Morgan fingerprint density at radius 1 is 0.425 bits per heavy atom. The lowest BCUT2D eigenvalue weighted by Crippen LogP contribution is -2.39. The predicted molar refractivity (Wildman–Crippen MR) is 445 cm³/mol. The monoisotopic (exact) mass is 1510 g/mol. The minimum absolute atomic E-state index is 0.112. The van der Waals surface area contributed by atoms with E-state index >= 15 is 0 Å². The molecule has 0 aliphatic heterocycles. The molecule has 0 spiro atoms. The van der Waals surface area contributed by atoms with Crippen molar-refractivity contribution in [3.05, 3.63) is 292 Å². The quantitative estimate of drug-likeness (QED) is 0.0281. The molecule has 4 aromatic heterocycles. The van der Waals surface area contributed by atoms with Crippen LogP contribution in [0, 0.1) is 35.5 Å². The highest BCUT2D eigenvalue weighted by Crippen LogP contribution is 2.30. The molecule has 0 aliphatic carbocycles. The van der Waals surface area contributed by atoms with Crippen LogP contribution in [0.15, 0.2) is 225 Å². The van der Waals surface area contributed by atoms with Gasteiger partial charge in [0.15, 0.2) is 5.82 Å². The van der Waals surface area contributed by atoms with Crippen LogP contribution in [0.3, 0.4) is 0 Å². The number of fused-ring (bicyclic) bond motifs is 5. The Bertz CT molecular complexity index is 5920. The Morgan fingerprint density at radius 2 is 0.788 bits per heavy atom. The van der Waals surface area contributed by atoms with E-state index in [9.17, 15) is 34.8 Å². The number of phenolic OH excluding ortho intramolecular Hbond substituents is 1. The van der Waals surface area contributed by atoms with Crippen molar-refractivity contribution in [2.75, 3.05) is 32.7 Å². The van der Waals surface area contributed by atoms with Crippen LogP contribution < -0.4 is 40.6 Å². The lowest BCUT2D eigenvalue weighted by atomic mass is 10.0. The molecular weight excluding hydrogens is 1420 g/mol. The molecule has 0 saturated carbocycles. The van der Waals surface area contributed by atoms with E-state index in [1.54, 1.807) is 73.8 Å². The summed E-state index contributed by atoms with van der Waals surface area (Å²) >= 11 is 0. The number of anilines is 1. The van der Waals surface area contributed by atoms with E-state index in [4.69, 9.17) is 24.7 Å². The Balaban J connectivity index is 0.000000157. The Morgan fingerprint density at radius 3 is 1.20 bits per heavy atom. The number of nitrogen functional groups attached to an aromatic ring is 1. The standard InChI is InChI=1S/C34H32N2O4.C30H29N5O3.C29H28N2O4/c1-22(2)40-33-15-11-24(9-8-23-10-12-26-19-29(39-3)14-13-25(26)16-23)17-31(33)34(38)36-28(21-37)18-27-20-35-32-7-5-4-6-30(27)32;1-18(2)38-27-13-11-19(10-12-20-6-5-9-26-28(20)29(31)35-34-26)14-24(27)30(37)33-22(17-36)15-21-16-32-25-8-4-3-7-23(21)25;1-19(2)35-28-14-11-21(8-7-20-9-12-24(33)13-10-20)15-26(28)29(34)31-23(18-32)16-22-17-30-27-6-4-3-5-25(22)27/h4-7,10-17,19-20,22,28,35,37H,18,21H2,1-3H3,(H,36,38);3-9,11,13-14,16,18,22,32,36H,15,17H2,1-2H3,(H,33,37)(H3,31,34,35);3-6,9-15,17,19,23,30,32-33H,16,18H2,1-2H3,(H,31,34)/t28-;22-;23-/m111/s1. The SMILES string of the molecule is CC(C)Oc1ccc(C#Cc2ccc(O)cc2)cc1C(=O)N[C@@H](CO)Cc1c[nH]c2ccccc12.CC(C)Oc1ccc(C#Cc2cccc3[nH]nc(N)c23)cc1C(=O)N[C@@H](CO)Cc1c[nH]c2ccccc12.COc1ccc2cc(C#Cc3ccc(OC(C)C)c(C(=O)N[C@@H](CO)Cc4c[nH]c5ccccc45)c3)ccc2c1. The molecular formula is C93H89N9O11. The minimum Gasteiger partial charge on any atom is -0.508 e. The zero-order valence-corrected chi connectivity index (χ0v) is 63.7. The van der Waals surface area contributed by atoms with Crippen molar-refractivity contribution in [1.82, 2.24) is 41.1 Å². The molecule has 0 bridgehead atoms. The van der Waals surface area contributed by atoms with Gasteiger partial charge in [0.2, 0.25) is 0 Å². The van der Waals surface area contributed by atoms with E-state index in [1.807, 2.05) is 200 Å². The van der Waals surface area contributed by atoms with Crippen LogP contribution in [0.1, 0.15) is 123 Å². The van der Waals surface area contributed by atoms with Gasteiger partial charge >= 0.3 is 0 Å². The van der Waals surface area contributed by atoms with Gasteiger partial charge in [0.25, 0.3) is 17.7 Å². The van der Waals surface area contributed by atoms with Crippen molar-refractivity contribution in [3.8, 4) is 64.3 Å². The lowest BCUT2D eigenvalue weighted by Gasteiger charge is -2.19. The molecule has 113 heavy (non-hydrogen) atoms.